The van der Waals surface area contributed by atoms with Crippen LogP contribution in [0.4, 0.5) is 10.1 Å². The van der Waals surface area contributed by atoms with Crippen LogP contribution in [0.1, 0.15) is 43.9 Å². The minimum absolute atomic E-state index is 0.130. The second kappa shape index (κ2) is 7.16. The fourth-order valence-corrected chi connectivity index (χ4v) is 5.33. The van der Waals surface area contributed by atoms with E-state index in [1.165, 1.54) is 17.2 Å². The van der Waals surface area contributed by atoms with Gasteiger partial charge < -0.3 is 10.5 Å². The monoisotopic (exact) mass is 382 g/mol. The molecule has 1 fully saturated rings. The van der Waals surface area contributed by atoms with Crippen LogP contribution in [-0.2, 0) is 23.2 Å². The van der Waals surface area contributed by atoms with Crippen LogP contribution in [0.2, 0.25) is 0 Å². The Hall–Kier alpha value is -1.91. The first-order valence-electron chi connectivity index (χ1n) is 10.3. The van der Waals surface area contributed by atoms with E-state index < -0.39 is 0 Å². The summed E-state index contributed by atoms with van der Waals surface area (Å²) in [4.78, 5) is 2.55. The number of halogens is 1. The summed E-state index contributed by atoms with van der Waals surface area (Å²) in [5, 5.41) is 0. The van der Waals surface area contributed by atoms with Crippen molar-refractivity contribution in [2.75, 3.05) is 25.4 Å². The number of nitrogen functional groups attached to an aromatic ring is 1. The third kappa shape index (κ3) is 3.03. The number of likely N-dealkylation sites (tertiary alicyclic amines) is 1. The molecule has 2 aliphatic rings. The molecule has 1 aliphatic heterocycles. The summed E-state index contributed by atoms with van der Waals surface area (Å²) < 4.78 is 19.6. The molecule has 2 atom stereocenters. The zero-order valence-corrected chi connectivity index (χ0v) is 17.2. The van der Waals surface area contributed by atoms with Gasteiger partial charge in [0.25, 0.3) is 0 Å². The zero-order chi connectivity index (χ0) is 19.9. The van der Waals surface area contributed by atoms with Crippen LogP contribution in [0.15, 0.2) is 42.5 Å². The number of hydrogen-bond acceptors (Lipinski definition) is 3. The van der Waals surface area contributed by atoms with E-state index in [0.717, 1.165) is 31.6 Å². The second-order valence-electron chi connectivity index (χ2n) is 9.08. The Morgan fingerprint density at radius 2 is 1.93 bits per heavy atom. The van der Waals surface area contributed by atoms with Gasteiger partial charge in [-0.1, -0.05) is 51.1 Å². The average molecular weight is 383 g/mol. The van der Waals surface area contributed by atoms with Crippen LogP contribution in [0.5, 0.6) is 0 Å². The Morgan fingerprint density at radius 1 is 1.14 bits per heavy atom. The predicted molar refractivity (Wildman–Crippen MR) is 112 cm³/mol. The molecule has 1 saturated heterocycles. The largest absolute Gasteiger partial charge is 0.398 e. The van der Waals surface area contributed by atoms with Crippen LogP contribution in [0.25, 0.3) is 0 Å². The van der Waals surface area contributed by atoms with E-state index >= 15 is 0 Å². The van der Waals surface area contributed by atoms with Gasteiger partial charge in [-0.15, -0.1) is 0 Å². The number of nitrogens with two attached hydrogens (primary N) is 1. The zero-order valence-electron chi connectivity index (χ0n) is 17.2. The van der Waals surface area contributed by atoms with Crippen LogP contribution in [0, 0.1) is 11.2 Å². The van der Waals surface area contributed by atoms with Crippen LogP contribution in [-0.4, -0.2) is 30.6 Å². The number of hydrogen-bond donors (Lipinski definition) is 1. The maximum Gasteiger partial charge on any atom is 0.128 e. The van der Waals surface area contributed by atoms with Crippen molar-refractivity contribution < 1.29 is 9.13 Å². The Balaban J connectivity index is 1.47. The lowest BCUT2D eigenvalue weighted by Gasteiger charge is -2.61. The van der Waals surface area contributed by atoms with Crippen molar-refractivity contribution in [3.05, 3.63) is 65.0 Å². The van der Waals surface area contributed by atoms with Crippen molar-refractivity contribution >= 4 is 5.69 Å². The average Bonchev–Trinajstić information content (AvgIpc) is 2.65. The number of piperidine rings is 1. The van der Waals surface area contributed by atoms with Crippen molar-refractivity contribution in [1.29, 1.82) is 0 Å². The normalized spacial score (nSPS) is 26.1. The van der Waals surface area contributed by atoms with Crippen LogP contribution < -0.4 is 5.73 Å². The second-order valence-corrected chi connectivity index (χ2v) is 9.08. The molecule has 2 bridgehead atoms. The van der Waals surface area contributed by atoms with Gasteiger partial charge in [-0.25, -0.2) is 4.39 Å². The molecule has 0 spiro atoms. The first-order chi connectivity index (χ1) is 13.3. The Labute approximate surface area is 167 Å². The molecule has 1 heterocycles. The van der Waals surface area contributed by atoms with Crippen molar-refractivity contribution in [2.45, 2.75) is 51.7 Å². The molecule has 1 aliphatic carbocycles. The quantitative estimate of drug-likeness (QED) is 0.609. The van der Waals surface area contributed by atoms with Gasteiger partial charge in [0, 0.05) is 29.3 Å². The fraction of sp³-hybridized carbons (Fsp3) is 0.500. The van der Waals surface area contributed by atoms with Crippen molar-refractivity contribution in [3.8, 4) is 0 Å². The summed E-state index contributed by atoms with van der Waals surface area (Å²) in [5.74, 6) is -0.197. The highest BCUT2D eigenvalue weighted by atomic mass is 19.1. The number of nitrogens with zero attached hydrogens (tertiary/aromatic N) is 1. The van der Waals surface area contributed by atoms with E-state index in [0.29, 0.717) is 24.8 Å². The Morgan fingerprint density at radius 3 is 2.71 bits per heavy atom. The minimum atomic E-state index is -0.197. The summed E-state index contributed by atoms with van der Waals surface area (Å²) >= 11 is 0. The highest BCUT2D eigenvalue weighted by Crippen LogP contribution is 2.56. The molecule has 2 aromatic carbocycles. The van der Waals surface area contributed by atoms with E-state index in [1.807, 2.05) is 12.1 Å². The number of fused-ring (bicyclic) bond motifs is 4. The van der Waals surface area contributed by atoms with Gasteiger partial charge in [0.2, 0.25) is 0 Å². The van der Waals surface area contributed by atoms with E-state index in [9.17, 15) is 4.39 Å². The van der Waals surface area contributed by atoms with E-state index in [-0.39, 0.29) is 16.6 Å². The molecular weight excluding hydrogens is 351 g/mol. The lowest BCUT2D eigenvalue weighted by Crippen LogP contribution is -2.64. The molecule has 0 saturated carbocycles. The maximum atomic E-state index is 13.8. The first kappa shape index (κ1) is 19.4. The number of benzene rings is 2. The smallest absolute Gasteiger partial charge is 0.128 e. The molecule has 2 aromatic rings. The van der Waals surface area contributed by atoms with Crippen molar-refractivity contribution in [2.24, 2.45) is 5.41 Å². The minimum Gasteiger partial charge on any atom is -0.398 e. The predicted octanol–water partition coefficient (Wildman–Crippen LogP) is 4.54. The van der Waals surface area contributed by atoms with Crippen molar-refractivity contribution in [3.63, 3.8) is 0 Å². The molecule has 0 aromatic heterocycles. The van der Waals surface area contributed by atoms with Gasteiger partial charge >= 0.3 is 0 Å². The highest BCUT2D eigenvalue weighted by Gasteiger charge is 2.55. The Kier molecular flexibility index (Phi) is 4.96. The Bertz CT molecular complexity index is 865. The summed E-state index contributed by atoms with van der Waals surface area (Å²) in [7, 11) is 0. The summed E-state index contributed by atoms with van der Waals surface area (Å²) in [6.07, 6.45) is 2.10. The molecule has 4 heteroatoms. The molecule has 0 radical (unpaired) electrons. The number of rotatable bonds is 5. The molecule has 0 unspecified atom stereocenters. The van der Waals surface area contributed by atoms with Gasteiger partial charge in [0.15, 0.2) is 0 Å². The fourth-order valence-electron chi connectivity index (χ4n) is 5.33. The molecule has 4 rings (SSSR count). The molecule has 150 valence electrons. The molecule has 0 amide bonds. The summed E-state index contributed by atoms with van der Waals surface area (Å²) in [6, 6.07) is 13.6. The SMILES string of the molecule is CC1(C)[C@H]2Cc3c(N)cccc3[C@]1(C)CCN2CCOCc1ccccc1F. The van der Waals surface area contributed by atoms with Gasteiger partial charge in [0.1, 0.15) is 5.82 Å². The van der Waals surface area contributed by atoms with Crippen LogP contribution in [0.3, 0.4) is 0 Å². The lowest BCUT2D eigenvalue weighted by molar-refractivity contribution is -0.0492. The van der Waals surface area contributed by atoms with Gasteiger partial charge in [-0.2, -0.15) is 0 Å². The molecular formula is C24H31FN2O. The van der Waals surface area contributed by atoms with E-state index in [4.69, 9.17) is 10.5 Å². The number of ether oxygens (including phenoxy) is 1. The summed E-state index contributed by atoms with van der Waals surface area (Å²) in [6.45, 7) is 10.1. The first-order valence-corrected chi connectivity index (χ1v) is 10.3. The molecule has 28 heavy (non-hydrogen) atoms. The topological polar surface area (TPSA) is 38.5 Å². The third-order valence-electron chi connectivity index (χ3n) is 7.54. The highest BCUT2D eigenvalue weighted by molar-refractivity contribution is 5.56. The lowest BCUT2D eigenvalue weighted by atomic mass is 9.51. The maximum absolute atomic E-state index is 13.8. The van der Waals surface area contributed by atoms with Gasteiger partial charge in [0.05, 0.1) is 13.2 Å². The van der Waals surface area contributed by atoms with Crippen LogP contribution >= 0.6 is 0 Å². The number of anilines is 1. The van der Waals surface area contributed by atoms with Crippen molar-refractivity contribution in [1.82, 2.24) is 4.90 Å². The molecule has 3 nitrogen and oxygen atoms in total. The van der Waals surface area contributed by atoms with E-state index in [1.54, 1.807) is 12.1 Å². The standard InChI is InChI=1S/C24H31FN2O/c1-23(2)22-15-18-19(8-6-10-21(18)26)24(23,3)11-12-27(22)13-14-28-16-17-7-4-5-9-20(17)25/h4-10,22H,11-16,26H2,1-3H3/t22-,24+/m1/s1. The van der Waals surface area contributed by atoms with Gasteiger partial charge in [-0.05, 0) is 48.1 Å². The molecule has 2 N–H and O–H groups in total. The summed E-state index contributed by atoms with van der Waals surface area (Å²) in [5.41, 5.74) is 10.9. The third-order valence-corrected chi connectivity index (χ3v) is 7.54. The van der Waals surface area contributed by atoms with E-state index in [2.05, 4.69) is 37.8 Å². The van der Waals surface area contributed by atoms with Gasteiger partial charge in [-0.3, -0.25) is 4.90 Å².